The number of rotatable bonds is 6. The zero-order valence-electron chi connectivity index (χ0n) is 13.0. The van der Waals surface area contributed by atoms with Crippen molar-refractivity contribution in [3.63, 3.8) is 0 Å². The minimum Gasteiger partial charge on any atom is -0.496 e. The average Bonchev–Trinajstić information content (AvgIpc) is 2.89. The third kappa shape index (κ3) is 3.49. The number of amides is 1. The van der Waals surface area contributed by atoms with E-state index in [4.69, 9.17) is 10.5 Å². The fourth-order valence-corrected chi connectivity index (χ4v) is 3.41. The summed E-state index contributed by atoms with van der Waals surface area (Å²) in [7, 11) is 5.20. The van der Waals surface area contributed by atoms with Gasteiger partial charge in [-0.05, 0) is 32.3 Å². The number of nitrogens with two attached hydrogens (primary N) is 1. The topological polar surface area (TPSA) is 98.7 Å². The van der Waals surface area contributed by atoms with E-state index in [1.54, 1.807) is 18.2 Å². The van der Waals surface area contributed by atoms with Gasteiger partial charge >= 0.3 is 5.00 Å². The first-order valence-corrected chi connectivity index (χ1v) is 7.55. The largest absolute Gasteiger partial charge is 0.496 e. The van der Waals surface area contributed by atoms with Crippen LogP contribution in [0.1, 0.15) is 15.2 Å². The van der Waals surface area contributed by atoms with Crippen LogP contribution in [0.2, 0.25) is 0 Å². The first-order chi connectivity index (χ1) is 10.8. The van der Waals surface area contributed by atoms with Gasteiger partial charge in [0.05, 0.1) is 23.2 Å². The molecule has 1 aromatic heterocycles. The number of nitrogens with zero attached hydrogens (tertiary/aromatic N) is 2. The van der Waals surface area contributed by atoms with E-state index < -0.39 is 10.8 Å². The molecule has 7 nitrogen and oxygen atoms in total. The molecule has 1 amide bonds. The number of carbonyl (C=O) groups is 1. The van der Waals surface area contributed by atoms with Crippen LogP contribution in [0.15, 0.2) is 24.3 Å². The summed E-state index contributed by atoms with van der Waals surface area (Å²) in [5.74, 6) is -0.285. The van der Waals surface area contributed by atoms with Crippen molar-refractivity contribution in [2.45, 2.75) is 6.54 Å². The third-order valence-electron chi connectivity index (χ3n) is 3.18. The Hall–Kier alpha value is -2.45. The van der Waals surface area contributed by atoms with Crippen molar-refractivity contribution in [3.05, 3.63) is 44.8 Å². The predicted octanol–water partition coefficient (Wildman–Crippen LogP) is 2.49. The van der Waals surface area contributed by atoms with Crippen LogP contribution in [0.25, 0.3) is 11.1 Å². The second-order valence-corrected chi connectivity index (χ2v) is 6.29. The van der Waals surface area contributed by atoms with E-state index in [1.165, 1.54) is 13.2 Å². The number of methoxy groups -OCH3 is 1. The summed E-state index contributed by atoms with van der Waals surface area (Å²) < 4.78 is 5.28. The zero-order valence-corrected chi connectivity index (χ0v) is 13.8. The summed E-state index contributed by atoms with van der Waals surface area (Å²) in [5.41, 5.74) is 6.32. The first kappa shape index (κ1) is 16.9. The lowest BCUT2D eigenvalue weighted by Gasteiger charge is -2.10. The van der Waals surface area contributed by atoms with Gasteiger partial charge in [-0.25, -0.2) is 0 Å². The van der Waals surface area contributed by atoms with E-state index >= 15 is 0 Å². The second kappa shape index (κ2) is 6.76. The molecule has 0 aliphatic rings. The highest BCUT2D eigenvalue weighted by Gasteiger charge is 2.26. The Kier molecular flexibility index (Phi) is 4.97. The van der Waals surface area contributed by atoms with Crippen LogP contribution in [0.4, 0.5) is 5.00 Å². The third-order valence-corrected chi connectivity index (χ3v) is 4.25. The highest BCUT2D eigenvalue weighted by Crippen LogP contribution is 2.43. The molecule has 2 rings (SSSR count). The lowest BCUT2D eigenvalue weighted by molar-refractivity contribution is -0.379. The number of nitro groups is 1. The van der Waals surface area contributed by atoms with E-state index in [-0.39, 0.29) is 10.6 Å². The molecule has 0 radical (unpaired) electrons. The molecule has 0 spiro atoms. The molecule has 1 aromatic carbocycles. The van der Waals surface area contributed by atoms with Gasteiger partial charge < -0.3 is 15.4 Å². The van der Waals surface area contributed by atoms with Crippen molar-refractivity contribution >= 4 is 22.2 Å². The summed E-state index contributed by atoms with van der Waals surface area (Å²) in [4.78, 5) is 25.4. The van der Waals surface area contributed by atoms with Gasteiger partial charge in [0.1, 0.15) is 5.75 Å². The lowest BCUT2D eigenvalue weighted by Crippen LogP contribution is -2.13. The standard InChI is InChI=1S/C15H17N3O4S/c1-17(2)8-9-7-11(15(23-9)18(20)21)13-10(14(16)19)5-4-6-12(13)22-3/h4-7H,8H2,1-3H3,(H2,16,19). The van der Waals surface area contributed by atoms with E-state index in [0.717, 1.165) is 16.2 Å². The Morgan fingerprint density at radius 2 is 2.13 bits per heavy atom. The summed E-state index contributed by atoms with van der Waals surface area (Å²) >= 11 is 1.08. The Labute approximate surface area is 137 Å². The minimum atomic E-state index is -0.659. The van der Waals surface area contributed by atoms with Crippen LogP contribution in [0.5, 0.6) is 5.75 Å². The molecule has 122 valence electrons. The highest BCUT2D eigenvalue weighted by atomic mass is 32.1. The fraction of sp³-hybridized carbons (Fsp3) is 0.267. The van der Waals surface area contributed by atoms with Crippen molar-refractivity contribution in [1.29, 1.82) is 0 Å². The van der Waals surface area contributed by atoms with E-state index in [0.29, 0.717) is 23.4 Å². The number of thiophene rings is 1. The Bertz CT molecular complexity index is 755. The van der Waals surface area contributed by atoms with Gasteiger partial charge in [0, 0.05) is 17.0 Å². The molecule has 0 aliphatic carbocycles. The molecule has 0 aliphatic heterocycles. The quantitative estimate of drug-likeness (QED) is 0.646. The number of hydrogen-bond donors (Lipinski definition) is 1. The number of hydrogen-bond acceptors (Lipinski definition) is 6. The smallest absolute Gasteiger partial charge is 0.332 e. The number of ether oxygens (including phenoxy) is 1. The summed E-state index contributed by atoms with van der Waals surface area (Å²) in [6, 6.07) is 6.52. The van der Waals surface area contributed by atoms with Crippen molar-refractivity contribution in [3.8, 4) is 16.9 Å². The van der Waals surface area contributed by atoms with Gasteiger partial charge in [-0.3, -0.25) is 14.9 Å². The molecule has 0 unspecified atom stereocenters. The van der Waals surface area contributed by atoms with E-state index in [9.17, 15) is 14.9 Å². The molecule has 0 saturated carbocycles. The fourth-order valence-electron chi connectivity index (χ4n) is 2.32. The Morgan fingerprint density at radius 1 is 1.43 bits per heavy atom. The monoisotopic (exact) mass is 335 g/mol. The summed E-state index contributed by atoms with van der Waals surface area (Å²) in [5, 5.41) is 11.4. The highest BCUT2D eigenvalue weighted by molar-refractivity contribution is 7.15. The van der Waals surface area contributed by atoms with Crippen LogP contribution in [-0.2, 0) is 6.54 Å². The number of carbonyl (C=O) groups excluding carboxylic acids is 1. The van der Waals surface area contributed by atoms with Crippen molar-refractivity contribution in [2.24, 2.45) is 5.73 Å². The molecule has 0 bridgehead atoms. The van der Waals surface area contributed by atoms with Gasteiger partial charge in [0.25, 0.3) is 0 Å². The number of primary amides is 1. The maximum Gasteiger partial charge on any atom is 0.332 e. The molecule has 0 fully saturated rings. The Balaban J connectivity index is 2.72. The van der Waals surface area contributed by atoms with Crippen LogP contribution >= 0.6 is 11.3 Å². The maximum absolute atomic E-state index is 11.7. The molecule has 0 saturated heterocycles. The van der Waals surface area contributed by atoms with Crippen LogP contribution in [0.3, 0.4) is 0 Å². The lowest BCUT2D eigenvalue weighted by atomic mass is 9.99. The van der Waals surface area contributed by atoms with Crippen LogP contribution < -0.4 is 10.5 Å². The van der Waals surface area contributed by atoms with E-state index in [2.05, 4.69) is 0 Å². The first-order valence-electron chi connectivity index (χ1n) is 6.74. The molecule has 0 atom stereocenters. The number of benzene rings is 1. The molecule has 2 aromatic rings. The SMILES string of the molecule is COc1cccc(C(N)=O)c1-c1cc(CN(C)C)sc1[N+](=O)[O-]. The van der Waals surface area contributed by atoms with Crippen molar-refractivity contribution in [1.82, 2.24) is 4.90 Å². The van der Waals surface area contributed by atoms with Crippen LogP contribution in [-0.4, -0.2) is 36.9 Å². The molecule has 1 heterocycles. The molecule has 8 heteroatoms. The minimum absolute atomic E-state index is 0.0335. The summed E-state index contributed by atoms with van der Waals surface area (Å²) in [6.07, 6.45) is 0. The maximum atomic E-state index is 11.7. The second-order valence-electron chi connectivity index (χ2n) is 5.17. The molecular formula is C15H17N3O4S. The summed E-state index contributed by atoms with van der Waals surface area (Å²) in [6.45, 7) is 0.562. The van der Waals surface area contributed by atoms with E-state index in [1.807, 2.05) is 19.0 Å². The van der Waals surface area contributed by atoms with Gasteiger partial charge in [0.15, 0.2) is 0 Å². The van der Waals surface area contributed by atoms with Gasteiger partial charge in [-0.2, -0.15) is 0 Å². The van der Waals surface area contributed by atoms with Crippen molar-refractivity contribution in [2.75, 3.05) is 21.2 Å². The molecule has 2 N–H and O–H groups in total. The van der Waals surface area contributed by atoms with Crippen LogP contribution in [0, 0.1) is 10.1 Å². The molecule has 23 heavy (non-hydrogen) atoms. The van der Waals surface area contributed by atoms with Gasteiger partial charge in [-0.15, -0.1) is 0 Å². The normalized spacial score (nSPS) is 10.8. The molecular weight excluding hydrogens is 318 g/mol. The average molecular weight is 335 g/mol. The predicted molar refractivity (Wildman–Crippen MR) is 88.9 cm³/mol. The van der Waals surface area contributed by atoms with Crippen molar-refractivity contribution < 1.29 is 14.5 Å². The zero-order chi connectivity index (χ0) is 17.1. The van der Waals surface area contributed by atoms with Gasteiger partial charge in [-0.1, -0.05) is 17.4 Å². The van der Waals surface area contributed by atoms with Gasteiger partial charge in [0.2, 0.25) is 5.91 Å². The Morgan fingerprint density at radius 3 is 2.65 bits per heavy atom.